The quantitative estimate of drug-likeness (QED) is 0.146. The Morgan fingerprint density at radius 3 is 2.52 bits per heavy atom. The van der Waals surface area contributed by atoms with Gasteiger partial charge >= 0.3 is 6.18 Å². The number of carbonyl (C=O) groups is 1. The average Bonchev–Trinajstić information content (AvgIpc) is 3.63. The van der Waals surface area contributed by atoms with E-state index in [9.17, 15) is 28.1 Å². The van der Waals surface area contributed by atoms with Crippen LogP contribution in [0.5, 0.6) is 23.0 Å². The molecular weight excluding hydrogens is 631 g/mol. The zero-order valence-electron chi connectivity index (χ0n) is 24.5. The largest absolute Gasteiger partial charge is 0.493 e. The van der Waals surface area contributed by atoms with Crippen LogP contribution in [0.3, 0.4) is 0 Å². The van der Waals surface area contributed by atoms with Crippen molar-refractivity contribution in [2.24, 2.45) is 0 Å². The van der Waals surface area contributed by atoms with Crippen LogP contribution in [0.2, 0.25) is 5.02 Å². The van der Waals surface area contributed by atoms with E-state index in [1.54, 1.807) is 24.3 Å². The van der Waals surface area contributed by atoms with Gasteiger partial charge < -0.3 is 24.8 Å². The standard InChI is InChI=1S/C31H27ClF3N5O6/c1-44-24-9-7-18(11-25(24)45-2)23-15-26(31(33,34)35)39-29(37-23)27(32)28(38-39)30(41)36-19-12-20(40(42)43)14-22(13-19)46-21-8-6-16-4-3-5-17(16)10-21/h6-14,23,26,37H,3-5,15H2,1-2H3,(H,36,41)/t23-,26-/m0/s1. The summed E-state index contributed by atoms with van der Waals surface area (Å²) in [4.78, 5) is 24.4. The van der Waals surface area contributed by atoms with Crippen LogP contribution >= 0.6 is 11.6 Å². The number of nitrogens with zero attached hydrogens (tertiary/aromatic N) is 3. The molecule has 15 heteroatoms. The molecule has 1 aliphatic heterocycles. The molecule has 0 saturated heterocycles. The van der Waals surface area contributed by atoms with Crippen LogP contribution in [0.1, 0.15) is 52.1 Å². The number of non-ortho nitro benzene ring substituents is 1. The van der Waals surface area contributed by atoms with E-state index >= 15 is 0 Å². The van der Waals surface area contributed by atoms with Gasteiger partial charge in [0.1, 0.15) is 22.3 Å². The van der Waals surface area contributed by atoms with E-state index in [0.717, 1.165) is 30.9 Å². The fourth-order valence-corrected chi connectivity index (χ4v) is 6.05. The van der Waals surface area contributed by atoms with Gasteiger partial charge in [0.2, 0.25) is 0 Å². The molecule has 1 amide bonds. The molecule has 46 heavy (non-hydrogen) atoms. The molecule has 0 fully saturated rings. The first-order valence-electron chi connectivity index (χ1n) is 14.2. The van der Waals surface area contributed by atoms with Gasteiger partial charge in [0, 0.05) is 18.6 Å². The summed E-state index contributed by atoms with van der Waals surface area (Å²) < 4.78 is 60.0. The molecule has 2 atom stereocenters. The van der Waals surface area contributed by atoms with Crippen LogP contribution in [0.15, 0.2) is 54.6 Å². The first-order chi connectivity index (χ1) is 21.9. The molecule has 1 aromatic heterocycles. The van der Waals surface area contributed by atoms with Gasteiger partial charge in [-0.1, -0.05) is 23.7 Å². The van der Waals surface area contributed by atoms with Crippen molar-refractivity contribution in [2.75, 3.05) is 24.9 Å². The fourth-order valence-electron chi connectivity index (χ4n) is 5.78. The molecule has 0 radical (unpaired) electrons. The second kappa shape index (κ2) is 12.1. The van der Waals surface area contributed by atoms with Crippen molar-refractivity contribution in [1.29, 1.82) is 0 Å². The summed E-state index contributed by atoms with van der Waals surface area (Å²) in [5, 5.41) is 20.7. The van der Waals surface area contributed by atoms with Crippen molar-refractivity contribution >= 4 is 34.7 Å². The molecule has 6 rings (SSSR count). The van der Waals surface area contributed by atoms with Gasteiger partial charge in [-0.3, -0.25) is 14.9 Å². The van der Waals surface area contributed by atoms with Crippen LogP contribution < -0.4 is 24.8 Å². The molecule has 2 aliphatic rings. The van der Waals surface area contributed by atoms with Crippen molar-refractivity contribution in [2.45, 2.75) is 43.9 Å². The van der Waals surface area contributed by atoms with E-state index in [1.807, 2.05) is 12.1 Å². The topological polar surface area (TPSA) is 130 Å². The third-order valence-corrected chi connectivity index (χ3v) is 8.34. The summed E-state index contributed by atoms with van der Waals surface area (Å²) >= 11 is 6.49. The lowest BCUT2D eigenvalue weighted by Gasteiger charge is -2.33. The molecule has 1 aliphatic carbocycles. The van der Waals surface area contributed by atoms with Crippen LogP contribution in [0.25, 0.3) is 0 Å². The number of halogens is 4. The van der Waals surface area contributed by atoms with Crippen LogP contribution in [-0.4, -0.2) is 41.0 Å². The Bertz CT molecular complexity index is 1850. The highest BCUT2D eigenvalue weighted by Gasteiger charge is 2.48. The van der Waals surface area contributed by atoms with Crippen molar-refractivity contribution in [3.8, 4) is 23.0 Å². The number of hydrogen-bond donors (Lipinski definition) is 2. The predicted molar refractivity (Wildman–Crippen MR) is 162 cm³/mol. The smallest absolute Gasteiger partial charge is 0.410 e. The number of fused-ring (bicyclic) bond motifs is 2. The second-order valence-corrected chi connectivity index (χ2v) is 11.3. The lowest BCUT2D eigenvalue weighted by Crippen LogP contribution is -2.35. The van der Waals surface area contributed by atoms with E-state index in [0.29, 0.717) is 27.5 Å². The molecule has 3 aromatic carbocycles. The third kappa shape index (κ3) is 5.99. The molecule has 0 spiro atoms. The number of aromatic nitrogens is 2. The first-order valence-corrected chi connectivity index (χ1v) is 14.6. The molecule has 0 saturated carbocycles. The second-order valence-electron chi connectivity index (χ2n) is 10.9. The SMILES string of the molecule is COc1ccc([C@@H]2C[C@@H](C(F)(F)F)n3nc(C(=O)Nc4cc(Oc5ccc6c(c5)CCC6)cc([N+](=O)[O-])c4)c(Cl)c3N2)cc1OC. The number of amides is 1. The molecule has 11 nitrogen and oxygen atoms in total. The van der Waals surface area contributed by atoms with Gasteiger partial charge in [-0.15, -0.1) is 0 Å². The van der Waals surface area contributed by atoms with Gasteiger partial charge in [0.15, 0.2) is 23.2 Å². The fraction of sp³-hybridized carbons (Fsp3) is 0.290. The summed E-state index contributed by atoms with van der Waals surface area (Å²) in [6.45, 7) is 0. The molecule has 240 valence electrons. The number of aryl methyl sites for hydroxylation is 2. The molecule has 0 bridgehead atoms. The Hall–Kier alpha value is -4.98. The Labute approximate surface area is 265 Å². The maximum absolute atomic E-state index is 14.3. The number of methoxy groups -OCH3 is 2. The van der Waals surface area contributed by atoms with Crippen molar-refractivity contribution < 1.29 is 37.1 Å². The maximum atomic E-state index is 14.3. The van der Waals surface area contributed by atoms with E-state index in [1.165, 1.54) is 31.9 Å². The number of hydrogen-bond acceptors (Lipinski definition) is 8. The number of benzene rings is 3. The monoisotopic (exact) mass is 657 g/mol. The van der Waals surface area contributed by atoms with E-state index < -0.39 is 41.2 Å². The van der Waals surface area contributed by atoms with Crippen molar-refractivity contribution in [3.05, 3.63) is 92.1 Å². The summed E-state index contributed by atoms with van der Waals surface area (Å²) in [5.41, 5.74) is 1.90. The molecular formula is C31H27ClF3N5O6. The highest BCUT2D eigenvalue weighted by molar-refractivity contribution is 6.36. The Morgan fingerprint density at radius 1 is 1.04 bits per heavy atom. The number of anilines is 2. The lowest BCUT2D eigenvalue weighted by molar-refractivity contribution is -0.384. The summed E-state index contributed by atoms with van der Waals surface area (Å²) in [6, 6.07) is 11.0. The number of carbonyl (C=O) groups excluding carboxylic acids is 1. The molecule has 2 N–H and O–H groups in total. The molecule has 4 aromatic rings. The zero-order valence-corrected chi connectivity index (χ0v) is 25.2. The minimum absolute atomic E-state index is 0.0408. The minimum Gasteiger partial charge on any atom is -0.493 e. The summed E-state index contributed by atoms with van der Waals surface area (Å²) in [5.74, 6) is 0.0948. The zero-order chi connectivity index (χ0) is 32.7. The number of nitro groups is 1. The van der Waals surface area contributed by atoms with E-state index in [4.69, 9.17) is 25.8 Å². The average molecular weight is 658 g/mol. The van der Waals surface area contributed by atoms with Gasteiger partial charge in [0.05, 0.1) is 36.9 Å². The molecule has 2 heterocycles. The number of nitro benzene ring substituents is 1. The Kier molecular flexibility index (Phi) is 8.15. The van der Waals surface area contributed by atoms with Gasteiger partial charge in [0.25, 0.3) is 11.6 Å². The minimum atomic E-state index is -4.74. The lowest BCUT2D eigenvalue weighted by atomic mass is 9.96. The third-order valence-electron chi connectivity index (χ3n) is 7.99. The first kappa shape index (κ1) is 31.0. The van der Waals surface area contributed by atoms with Gasteiger partial charge in [-0.05, 0) is 60.2 Å². The Morgan fingerprint density at radius 2 is 1.80 bits per heavy atom. The highest BCUT2D eigenvalue weighted by Crippen LogP contribution is 2.47. The highest BCUT2D eigenvalue weighted by atomic mass is 35.5. The summed E-state index contributed by atoms with van der Waals surface area (Å²) in [6.07, 6.45) is -2.30. The number of rotatable bonds is 8. The van der Waals surface area contributed by atoms with Crippen molar-refractivity contribution in [3.63, 3.8) is 0 Å². The normalized spacial score (nSPS) is 17.0. The van der Waals surface area contributed by atoms with Gasteiger partial charge in [-0.2, -0.15) is 18.3 Å². The number of alkyl halides is 3. The van der Waals surface area contributed by atoms with Crippen molar-refractivity contribution in [1.82, 2.24) is 9.78 Å². The Balaban J connectivity index is 1.29. The number of ether oxygens (including phenoxy) is 3. The number of nitrogens with one attached hydrogen (secondary N) is 2. The summed E-state index contributed by atoms with van der Waals surface area (Å²) in [7, 11) is 2.85. The maximum Gasteiger partial charge on any atom is 0.410 e. The van der Waals surface area contributed by atoms with Crippen LogP contribution in [0.4, 0.5) is 30.4 Å². The van der Waals surface area contributed by atoms with Crippen LogP contribution in [0, 0.1) is 10.1 Å². The van der Waals surface area contributed by atoms with E-state index in [-0.39, 0.29) is 28.0 Å². The molecule has 0 unspecified atom stereocenters. The van der Waals surface area contributed by atoms with Gasteiger partial charge in [-0.25, -0.2) is 4.68 Å². The predicted octanol–water partition coefficient (Wildman–Crippen LogP) is 7.66. The van der Waals surface area contributed by atoms with E-state index in [2.05, 4.69) is 15.7 Å². The van der Waals surface area contributed by atoms with Crippen LogP contribution in [-0.2, 0) is 12.8 Å².